The lowest BCUT2D eigenvalue weighted by atomic mass is 9.83. The lowest BCUT2D eigenvalue weighted by molar-refractivity contribution is 0.986. The van der Waals surface area contributed by atoms with Crippen LogP contribution in [-0.4, -0.2) is 4.98 Å². The fraction of sp³-hybridized carbons (Fsp3) is 0.121. The first kappa shape index (κ1) is 18.2. The molecule has 0 fully saturated rings. The maximum Gasteiger partial charge on any atom is 0.0563 e. The molecule has 0 unspecified atom stereocenters. The molecular weight excluding hydrogens is 424 g/mol. The van der Waals surface area contributed by atoms with Gasteiger partial charge in [0.15, 0.2) is 0 Å². The maximum atomic E-state index is 4.68. The molecule has 1 aromatic heterocycles. The standard InChI is InChI=1S/C33H22N2/c1-3-7-26-19(5-1)13-21-9-10-23-15-22-11-12-29-27(31(22)32(23)30(21)26)16-25-18-34-17-24-14-20-6-2-4-8-28(20)35(29)33(24)25/h1-12,17-18H,13-16H2. The normalized spacial score (nSPS) is 14.9. The molecule has 35 heavy (non-hydrogen) atoms. The topological polar surface area (TPSA) is 16.1 Å². The van der Waals surface area contributed by atoms with E-state index in [2.05, 4.69) is 95.1 Å². The number of nitrogens with zero attached hydrogens (tertiary/aromatic N) is 2. The summed E-state index contributed by atoms with van der Waals surface area (Å²) in [4.78, 5) is 7.21. The van der Waals surface area contributed by atoms with Gasteiger partial charge >= 0.3 is 0 Å². The van der Waals surface area contributed by atoms with Gasteiger partial charge in [0.1, 0.15) is 0 Å². The number of hydrogen-bond acceptors (Lipinski definition) is 2. The minimum Gasteiger partial charge on any atom is -0.309 e. The highest BCUT2D eigenvalue weighted by Crippen LogP contribution is 2.56. The molecule has 0 N–H and O–H groups in total. The zero-order valence-corrected chi connectivity index (χ0v) is 19.3. The summed E-state index contributed by atoms with van der Waals surface area (Å²) in [5.41, 5.74) is 21.3. The van der Waals surface area contributed by atoms with E-state index in [0.29, 0.717) is 0 Å². The predicted octanol–water partition coefficient (Wildman–Crippen LogP) is 7.50. The third kappa shape index (κ3) is 2.23. The molecule has 4 aromatic carbocycles. The Hall–Kier alpha value is -4.17. The summed E-state index contributed by atoms with van der Waals surface area (Å²) in [7, 11) is 0. The molecule has 0 saturated carbocycles. The first-order valence-electron chi connectivity index (χ1n) is 12.6. The molecule has 0 saturated heterocycles. The van der Waals surface area contributed by atoms with Gasteiger partial charge in [-0.25, -0.2) is 0 Å². The largest absolute Gasteiger partial charge is 0.309 e. The molecule has 164 valence electrons. The summed E-state index contributed by atoms with van der Waals surface area (Å²) >= 11 is 0. The first-order valence-corrected chi connectivity index (χ1v) is 12.6. The molecule has 0 amide bonds. The molecule has 2 aliphatic heterocycles. The van der Waals surface area contributed by atoms with Crippen molar-refractivity contribution in [2.75, 3.05) is 4.90 Å². The fourth-order valence-electron chi connectivity index (χ4n) is 7.17. The first-order chi connectivity index (χ1) is 17.3. The van der Waals surface area contributed by atoms with Crippen LogP contribution in [-0.2, 0) is 25.7 Å². The molecule has 0 bridgehead atoms. The molecule has 9 rings (SSSR count). The van der Waals surface area contributed by atoms with E-state index >= 15 is 0 Å². The van der Waals surface area contributed by atoms with Crippen molar-refractivity contribution in [1.29, 1.82) is 0 Å². The van der Waals surface area contributed by atoms with Gasteiger partial charge in [-0.2, -0.15) is 0 Å². The van der Waals surface area contributed by atoms with Crippen molar-refractivity contribution in [3.63, 3.8) is 0 Å². The van der Waals surface area contributed by atoms with Gasteiger partial charge in [-0.1, -0.05) is 60.7 Å². The van der Waals surface area contributed by atoms with Crippen LogP contribution < -0.4 is 4.90 Å². The Labute approximate surface area is 204 Å². The van der Waals surface area contributed by atoms with E-state index in [-0.39, 0.29) is 0 Å². The van der Waals surface area contributed by atoms with Crippen LogP contribution in [0.15, 0.2) is 85.2 Å². The Morgan fingerprint density at radius 1 is 0.486 bits per heavy atom. The lowest BCUT2D eigenvalue weighted by Gasteiger charge is -2.39. The van der Waals surface area contributed by atoms with Gasteiger partial charge in [-0.3, -0.25) is 4.98 Å². The molecule has 2 heteroatoms. The van der Waals surface area contributed by atoms with E-state index in [9.17, 15) is 0 Å². The van der Waals surface area contributed by atoms with E-state index < -0.39 is 0 Å². The Balaban J connectivity index is 1.36. The Bertz CT molecular complexity index is 1760. The summed E-state index contributed by atoms with van der Waals surface area (Å²) in [5, 5.41) is 0. The van der Waals surface area contributed by atoms with Gasteiger partial charge in [0.2, 0.25) is 0 Å². The van der Waals surface area contributed by atoms with E-state index in [1.807, 2.05) is 0 Å². The third-order valence-corrected chi connectivity index (χ3v) is 8.57. The van der Waals surface area contributed by atoms with Crippen molar-refractivity contribution in [2.24, 2.45) is 0 Å². The van der Waals surface area contributed by atoms with Gasteiger partial charge in [0, 0.05) is 30.9 Å². The molecule has 0 spiro atoms. The molecular formula is C33H22N2. The van der Waals surface area contributed by atoms with E-state index in [1.54, 1.807) is 0 Å². The summed E-state index contributed by atoms with van der Waals surface area (Å²) in [6.45, 7) is 0. The van der Waals surface area contributed by atoms with E-state index in [4.69, 9.17) is 0 Å². The second-order valence-corrected chi connectivity index (χ2v) is 10.4. The molecule has 3 heterocycles. The van der Waals surface area contributed by atoms with Crippen LogP contribution in [0, 0.1) is 0 Å². The number of fused-ring (bicyclic) bond motifs is 12. The number of benzene rings is 4. The van der Waals surface area contributed by atoms with Gasteiger partial charge in [0.25, 0.3) is 0 Å². The van der Waals surface area contributed by atoms with Crippen molar-refractivity contribution >= 4 is 17.1 Å². The third-order valence-electron chi connectivity index (χ3n) is 8.57. The fourth-order valence-corrected chi connectivity index (χ4v) is 7.17. The monoisotopic (exact) mass is 446 g/mol. The number of aromatic nitrogens is 1. The van der Waals surface area contributed by atoms with Crippen LogP contribution in [0.1, 0.15) is 44.5 Å². The van der Waals surface area contributed by atoms with Crippen LogP contribution in [0.2, 0.25) is 0 Å². The Morgan fingerprint density at radius 2 is 1.14 bits per heavy atom. The zero-order valence-electron chi connectivity index (χ0n) is 19.3. The summed E-state index contributed by atoms with van der Waals surface area (Å²) in [6.07, 6.45) is 8.13. The summed E-state index contributed by atoms with van der Waals surface area (Å²) in [5.74, 6) is 0. The zero-order chi connectivity index (χ0) is 22.7. The highest BCUT2D eigenvalue weighted by atomic mass is 15.2. The van der Waals surface area contributed by atoms with Crippen molar-refractivity contribution in [3.05, 3.63) is 130 Å². The molecule has 0 radical (unpaired) electrons. The Morgan fingerprint density at radius 3 is 2.06 bits per heavy atom. The average molecular weight is 447 g/mol. The lowest BCUT2D eigenvalue weighted by Crippen LogP contribution is -2.25. The number of pyridine rings is 1. The molecule has 0 atom stereocenters. The SMILES string of the molecule is c1ccc2c(c1)Cc1ccc3c(c1-2)-c1c(ccc2c1Cc1cncc4c1N2c1ccccc1C4)C3. The Kier molecular flexibility index (Phi) is 3.27. The van der Waals surface area contributed by atoms with Gasteiger partial charge < -0.3 is 4.90 Å². The van der Waals surface area contributed by atoms with E-state index in [0.717, 1.165) is 25.7 Å². The molecule has 2 nitrogen and oxygen atoms in total. The van der Waals surface area contributed by atoms with Crippen molar-refractivity contribution < 1.29 is 0 Å². The molecule has 4 aliphatic rings. The number of hydrogen-bond donors (Lipinski definition) is 0. The smallest absolute Gasteiger partial charge is 0.0563 e. The number of anilines is 3. The van der Waals surface area contributed by atoms with Crippen molar-refractivity contribution in [1.82, 2.24) is 4.98 Å². The second kappa shape index (κ2) is 6.28. The van der Waals surface area contributed by atoms with Crippen molar-refractivity contribution in [2.45, 2.75) is 25.7 Å². The van der Waals surface area contributed by atoms with Crippen molar-refractivity contribution in [3.8, 4) is 22.3 Å². The van der Waals surface area contributed by atoms with Gasteiger partial charge in [0.05, 0.1) is 11.4 Å². The van der Waals surface area contributed by atoms with Crippen LogP contribution in [0.4, 0.5) is 17.1 Å². The van der Waals surface area contributed by atoms with Crippen LogP contribution in [0.5, 0.6) is 0 Å². The van der Waals surface area contributed by atoms with Crippen LogP contribution in [0.25, 0.3) is 22.3 Å². The van der Waals surface area contributed by atoms with Crippen LogP contribution in [0.3, 0.4) is 0 Å². The quantitative estimate of drug-likeness (QED) is 0.240. The summed E-state index contributed by atoms with van der Waals surface area (Å²) < 4.78 is 0. The molecule has 5 aromatic rings. The maximum absolute atomic E-state index is 4.68. The minimum absolute atomic E-state index is 0.943. The highest BCUT2D eigenvalue weighted by Gasteiger charge is 2.36. The second-order valence-electron chi connectivity index (χ2n) is 10.4. The predicted molar refractivity (Wildman–Crippen MR) is 141 cm³/mol. The minimum atomic E-state index is 0.943. The summed E-state index contributed by atoms with van der Waals surface area (Å²) in [6, 6.07) is 27.4. The molecule has 2 aliphatic carbocycles. The number of para-hydroxylation sites is 1. The van der Waals surface area contributed by atoms with E-state index in [1.165, 1.54) is 83.8 Å². The van der Waals surface area contributed by atoms with Crippen LogP contribution >= 0.6 is 0 Å². The average Bonchev–Trinajstić information content (AvgIpc) is 3.46. The van der Waals surface area contributed by atoms with Gasteiger partial charge in [-0.05, 0) is 91.7 Å². The highest BCUT2D eigenvalue weighted by molar-refractivity contribution is 6.00. The number of rotatable bonds is 0. The van der Waals surface area contributed by atoms with Gasteiger partial charge in [-0.15, -0.1) is 0 Å².